The summed E-state index contributed by atoms with van der Waals surface area (Å²) in [4.78, 5) is 37.5. The predicted molar refractivity (Wildman–Crippen MR) is 116 cm³/mol. The second-order valence-electron chi connectivity index (χ2n) is 7.91. The molecule has 6 nitrogen and oxygen atoms in total. The fraction of sp³-hybridized carbons (Fsp3) is 0.375. The number of hydrogen-bond donors (Lipinski definition) is 2. The zero-order valence-corrected chi connectivity index (χ0v) is 17.6. The molecule has 0 heterocycles. The van der Waals surface area contributed by atoms with Crippen LogP contribution in [-0.2, 0) is 4.79 Å². The molecule has 30 heavy (non-hydrogen) atoms. The molecule has 0 aromatic heterocycles. The number of rotatable bonds is 6. The normalized spacial score (nSPS) is 18.1. The van der Waals surface area contributed by atoms with Crippen LogP contribution in [0.1, 0.15) is 58.9 Å². The predicted octanol–water partition coefficient (Wildman–Crippen LogP) is 3.88. The fourth-order valence-corrected chi connectivity index (χ4v) is 4.03. The van der Waals surface area contributed by atoms with Gasteiger partial charge < -0.3 is 15.3 Å². The number of carboxylic acids is 1. The molecule has 158 valence electrons. The van der Waals surface area contributed by atoms with Crippen LogP contribution in [-0.4, -0.2) is 46.9 Å². The summed E-state index contributed by atoms with van der Waals surface area (Å²) >= 11 is 0. The Balaban J connectivity index is 1.67. The van der Waals surface area contributed by atoms with E-state index in [0.717, 1.165) is 30.4 Å². The second-order valence-corrected chi connectivity index (χ2v) is 7.91. The minimum Gasteiger partial charge on any atom is -0.478 e. The smallest absolute Gasteiger partial charge is 0.335 e. The Morgan fingerprint density at radius 3 is 2.33 bits per heavy atom. The van der Waals surface area contributed by atoms with Gasteiger partial charge in [0.2, 0.25) is 5.91 Å². The van der Waals surface area contributed by atoms with Gasteiger partial charge in [0.15, 0.2) is 0 Å². The van der Waals surface area contributed by atoms with Crippen LogP contribution in [0.5, 0.6) is 0 Å². The lowest BCUT2D eigenvalue weighted by atomic mass is 9.99. The summed E-state index contributed by atoms with van der Waals surface area (Å²) in [5.74, 6) is -0.922. The van der Waals surface area contributed by atoms with Crippen LogP contribution in [0.15, 0.2) is 42.5 Å². The summed E-state index contributed by atoms with van der Waals surface area (Å²) < 4.78 is 0. The molecule has 1 fully saturated rings. The molecule has 0 spiro atoms. The van der Waals surface area contributed by atoms with Crippen LogP contribution >= 0.6 is 0 Å². The van der Waals surface area contributed by atoms with Crippen molar-refractivity contribution in [1.29, 1.82) is 0 Å². The third-order valence-corrected chi connectivity index (χ3v) is 5.88. The average molecular weight is 408 g/mol. The molecule has 2 amide bonds. The zero-order valence-electron chi connectivity index (χ0n) is 17.6. The summed E-state index contributed by atoms with van der Waals surface area (Å²) in [7, 11) is 1.82. The Bertz CT molecular complexity index is 952. The number of amides is 2. The molecule has 2 aromatic rings. The molecule has 1 aliphatic carbocycles. The van der Waals surface area contributed by atoms with Crippen molar-refractivity contribution < 1.29 is 19.5 Å². The summed E-state index contributed by atoms with van der Waals surface area (Å²) in [6.07, 6.45) is 3.02. The van der Waals surface area contributed by atoms with Gasteiger partial charge in [-0.05, 0) is 61.1 Å². The zero-order chi connectivity index (χ0) is 21.8. The third-order valence-electron chi connectivity index (χ3n) is 5.88. The summed E-state index contributed by atoms with van der Waals surface area (Å²) in [5.41, 5.74) is 3.44. The van der Waals surface area contributed by atoms with Gasteiger partial charge in [0.25, 0.3) is 5.91 Å². The van der Waals surface area contributed by atoms with Crippen molar-refractivity contribution in [3.63, 3.8) is 0 Å². The highest BCUT2D eigenvalue weighted by Gasteiger charge is 2.30. The first-order valence-corrected chi connectivity index (χ1v) is 10.3. The largest absolute Gasteiger partial charge is 0.478 e. The van der Waals surface area contributed by atoms with Crippen LogP contribution in [0.3, 0.4) is 0 Å². The SMILES string of the molecule is CCC(=O)N[C@H]1CC[C@@H](N(C)C(=O)c2ccc(-c3ccc(C(=O)O)c(C)c3)cc2)C1. The fourth-order valence-electron chi connectivity index (χ4n) is 4.03. The van der Waals surface area contributed by atoms with Crippen LogP contribution in [0.25, 0.3) is 11.1 Å². The maximum atomic E-state index is 12.9. The first-order chi connectivity index (χ1) is 14.3. The monoisotopic (exact) mass is 408 g/mol. The van der Waals surface area contributed by atoms with Gasteiger partial charge >= 0.3 is 5.97 Å². The van der Waals surface area contributed by atoms with Crippen LogP contribution in [0.4, 0.5) is 0 Å². The van der Waals surface area contributed by atoms with E-state index in [2.05, 4.69) is 5.32 Å². The van der Waals surface area contributed by atoms with Crippen LogP contribution in [0, 0.1) is 6.92 Å². The third kappa shape index (κ3) is 4.70. The summed E-state index contributed by atoms with van der Waals surface area (Å²) in [6.45, 7) is 3.61. The first kappa shape index (κ1) is 21.6. The highest BCUT2D eigenvalue weighted by Crippen LogP contribution is 2.26. The molecule has 2 atom stereocenters. The van der Waals surface area contributed by atoms with Gasteiger partial charge in [0, 0.05) is 31.1 Å². The molecule has 6 heteroatoms. The number of benzene rings is 2. The van der Waals surface area contributed by atoms with E-state index in [1.807, 2.05) is 32.2 Å². The molecule has 3 rings (SSSR count). The van der Waals surface area contributed by atoms with E-state index in [0.29, 0.717) is 17.5 Å². The molecule has 1 aliphatic rings. The Hall–Kier alpha value is -3.15. The van der Waals surface area contributed by atoms with E-state index in [1.165, 1.54) is 0 Å². The van der Waals surface area contributed by atoms with E-state index >= 15 is 0 Å². The first-order valence-electron chi connectivity index (χ1n) is 10.3. The molecule has 2 aromatic carbocycles. The average Bonchev–Trinajstić information content (AvgIpc) is 3.20. The lowest BCUT2D eigenvalue weighted by Crippen LogP contribution is -2.38. The number of carbonyl (C=O) groups is 3. The Morgan fingerprint density at radius 1 is 1.07 bits per heavy atom. The van der Waals surface area contributed by atoms with E-state index in [-0.39, 0.29) is 29.5 Å². The van der Waals surface area contributed by atoms with Gasteiger partial charge in [0.05, 0.1) is 5.56 Å². The van der Waals surface area contributed by atoms with Crippen molar-refractivity contribution >= 4 is 17.8 Å². The van der Waals surface area contributed by atoms with Crippen molar-refractivity contribution in [2.45, 2.75) is 51.6 Å². The minimum absolute atomic E-state index is 0.0357. The van der Waals surface area contributed by atoms with Gasteiger partial charge in [-0.15, -0.1) is 0 Å². The number of nitrogens with one attached hydrogen (secondary N) is 1. The second kappa shape index (κ2) is 9.11. The van der Waals surface area contributed by atoms with Crippen LogP contribution in [0.2, 0.25) is 0 Å². The standard InChI is InChI=1S/C24H28N2O4/c1-4-22(27)25-19-10-11-20(14-19)26(3)23(28)17-7-5-16(6-8-17)18-9-12-21(24(29)30)15(2)13-18/h5-9,12-13,19-20H,4,10-11,14H2,1-3H3,(H,25,27)(H,29,30)/t19-,20+/m0/s1. The molecule has 0 saturated heterocycles. The van der Waals surface area contributed by atoms with Gasteiger partial charge in [0.1, 0.15) is 0 Å². The number of carboxylic acid groups (broad SMARTS) is 1. The van der Waals surface area contributed by atoms with Crippen molar-refractivity contribution in [3.8, 4) is 11.1 Å². The number of aromatic carboxylic acids is 1. The summed E-state index contributed by atoms with van der Waals surface area (Å²) in [5, 5.41) is 12.2. The van der Waals surface area contributed by atoms with E-state index in [9.17, 15) is 19.5 Å². The van der Waals surface area contributed by atoms with E-state index in [4.69, 9.17) is 0 Å². The minimum atomic E-state index is -0.938. The molecule has 2 N–H and O–H groups in total. The molecule has 0 radical (unpaired) electrons. The van der Waals surface area contributed by atoms with Crippen molar-refractivity contribution in [2.24, 2.45) is 0 Å². The highest BCUT2D eigenvalue weighted by atomic mass is 16.4. The number of carbonyl (C=O) groups excluding carboxylic acids is 2. The molecule has 0 bridgehead atoms. The van der Waals surface area contributed by atoms with Gasteiger partial charge in [-0.1, -0.05) is 31.2 Å². The van der Waals surface area contributed by atoms with Gasteiger partial charge in [-0.2, -0.15) is 0 Å². The Morgan fingerprint density at radius 2 is 1.73 bits per heavy atom. The lowest BCUT2D eigenvalue weighted by Gasteiger charge is -2.25. The molecule has 1 saturated carbocycles. The number of aryl methyl sites for hydroxylation is 1. The molecular weight excluding hydrogens is 380 g/mol. The Kier molecular flexibility index (Phi) is 6.55. The van der Waals surface area contributed by atoms with Crippen molar-refractivity contribution in [1.82, 2.24) is 10.2 Å². The molecular formula is C24H28N2O4. The van der Waals surface area contributed by atoms with Crippen LogP contribution < -0.4 is 5.32 Å². The maximum absolute atomic E-state index is 12.9. The Labute approximate surface area is 176 Å². The number of nitrogens with zero attached hydrogens (tertiary/aromatic N) is 1. The maximum Gasteiger partial charge on any atom is 0.335 e. The number of hydrogen-bond acceptors (Lipinski definition) is 3. The molecule has 0 unspecified atom stereocenters. The van der Waals surface area contributed by atoms with Crippen molar-refractivity contribution in [3.05, 3.63) is 59.2 Å². The highest BCUT2D eigenvalue weighted by molar-refractivity contribution is 5.95. The van der Waals surface area contributed by atoms with Gasteiger partial charge in [-0.25, -0.2) is 4.79 Å². The quantitative estimate of drug-likeness (QED) is 0.759. The lowest BCUT2D eigenvalue weighted by molar-refractivity contribution is -0.121. The van der Waals surface area contributed by atoms with E-state index in [1.54, 1.807) is 36.1 Å². The summed E-state index contributed by atoms with van der Waals surface area (Å²) in [6, 6.07) is 12.9. The van der Waals surface area contributed by atoms with E-state index < -0.39 is 5.97 Å². The molecule has 0 aliphatic heterocycles. The van der Waals surface area contributed by atoms with Gasteiger partial charge in [-0.3, -0.25) is 9.59 Å². The topological polar surface area (TPSA) is 86.7 Å². The van der Waals surface area contributed by atoms with Crippen molar-refractivity contribution in [2.75, 3.05) is 7.05 Å².